The van der Waals surface area contributed by atoms with Crippen LogP contribution in [0.5, 0.6) is 11.5 Å². The van der Waals surface area contributed by atoms with Crippen LogP contribution in [0.15, 0.2) is 18.2 Å². The van der Waals surface area contributed by atoms with E-state index < -0.39 is 5.41 Å². The van der Waals surface area contributed by atoms with Crippen LogP contribution >= 0.6 is 0 Å². The number of rotatable bonds is 1. The number of carbonyl (C=O) groups is 2. The van der Waals surface area contributed by atoms with Crippen molar-refractivity contribution in [2.75, 3.05) is 26.2 Å². The fourth-order valence-corrected chi connectivity index (χ4v) is 2.70. The normalized spacial score (nSPS) is 16.1. The third kappa shape index (κ3) is 4.15. The highest BCUT2D eigenvalue weighted by molar-refractivity contribution is 5.95. The summed E-state index contributed by atoms with van der Waals surface area (Å²) in [5.41, 5.74) is -0.186. The molecular formula is C17H24N2O4. The summed E-state index contributed by atoms with van der Waals surface area (Å²) in [6.07, 6.45) is 0.707. The smallest absolute Gasteiger partial charge is 0.254 e. The number of nitrogens with zero attached hydrogens (tertiary/aromatic N) is 2. The van der Waals surface area contributed by atoms with Gasteiger partial charge in [-0.1, -0.05) is 20.8 Å². The summed E-state index contributed by atoms with van der Waals surface area (Å²) < 4.78 is 0. The molecule has 1 aromatic carbocycles. The van der Waals surface area contributed by atoms with Crippen molar-refractivity contribution in [2.24, 2.45) is 5.41 Å². The van der Waals surface area contributed by atoms with E-state index in [9.17, 15) is 19.8 Å². The molecule has 23 heavy (non-hydrogen) atoms. The molecule has 1 heterocycles. The van der Waals surface area contributed by atoms with Crippen molar-refractivity contribution in [2.45, 2.75) is 27.2 Å². The Morgan fingerprint density at radius 1 is 0.913 bits per heavy atom. The monoisotopic (exact) mass is 320 g/mol. The van der Waals surface area contributed by atoms with E-state index in [0.717, 1.165) is 0 Å². The first-order valence-electron chi connectivity index (χ1n) is 7.80. The van der Waals surface area contributed by atoms with Gasteiger partial charge in [0.15, 0.2) is 0 Å². The van der Waals surface area contributed by atoms with Gasteiger partial charge in [-0.2, -0.15) is 0 Å². The lowest BCUT2D eigenvalue weighted by atomic mass is 9.94. The van der Waals surface area contributed by atoms with E-state index in [2.05, 4.69) is 0 Å². The molecular weight excluding hydrogens is 296 g/mol. The second-order valence-corrected chi connectivity index (χ2v) is 6.93. The summed E-state index contributed by atoms with van der Waals surface area (Å²) in [5, 5.41) is 19.0. The Hall–Kier alpha value is -2.24. The summed E-state index contributed by atoms with van der Waals surface area (Å²) in [5.74, 6) is -0.455. The minimum Gasteiger partial charge on any atom is -0.508 e. The van der Waals surface area contributed by atoms with Crippen molar-refractivity contribution < 1.29 is 19.8 Å². The van der Waals surface area contributed by atoms with Crippen molar-refractivity contribution in [3.8, 4) is 11.5 Å². The molecule has 6 nitrogen and oxygen atoms in total. The van der Waals surface area contributed by atoms with E-state index >= 15 is 0 Å². The van der Waals surface area contributed by atoms with Gasteiger partial charge in [-0.3, -0.25) is 9.59 Å². The van der Waals surface area contributed by atoms with Crippen LogP contribution in [-0.2, 0) is 4.79 Å². The number of amides is 2. The number of carbonyl (C=O) groups excluding carboxylic acids is 2. The molecule has 6 heteroatoms. The molecule has 0 aromatic heterocycles. The largest absolute Gasteiger partial charge is 0.508 e. The molecule has 2 N–H and O–H groups in total. The molecule has 1 aromatic rings. The molecule has 2 amide bonds. The van der Waals surface area contributed by atoms with E-state index in [0.29, 0.717) is 32.6 Å². The van der Waals surface area contributed by atoms with Gasteiger partial charge in [0.05, 0.1) is 0 Å². The van der Waals surface area contributed by atoms with Crippen LogP contribution in [0.3, 0.4) is 0 Å². The Kier molecular flexibility index (Phi) is 4.82. The van der Waals surface area contributed by atoms with Crippen molar-refractivity contribution in [3.05, 3.63) is 23.8 Å². The highest BCUT2D eigenvalue weighted by Gasteiger charge is 2.29. The highest BCUT2D eigenvalue weighted by Crippen LogP contribution is 2.23. The lowest BCUT2D eigenvalue weighted by Gasteiger charge is -2.28. The zero-order valence-electron chi connectivity index (χ0n) is 13.9. The Labute approximate surface area is 136 Å². The van der Waals surface area contributed by atoms with Gasteiger partial charge < -0.3 is 20.0 Å². The minimum atomic E-state index is -0.434. The zero-order valence-corrected chi connectivity index (χ0v) is 13.9. The standard InChI is InChI=1S/C17H24N2O4/c1-17(2,3)16(23)19-6-4-5-18(7-8-19)15(22)12-9-13(20)11-14(21)10-12/h9-11,20-21H,4-8H2,1-3H3. The maximum atomic E-state index is 12.5. The molecule has 1 saturated heterocycles. The minimum absolute atomic E-state index is 0.0850. The lowest BCUT2D eigenvalue weighted by molar-refractivity contribution is -0.139. The Morgan fingerprint density at radius 3 is 2.00 bits per heavy atom. The average Bonchev–Trinajstić information content (AvgIpc) is 2.69. The number of hydrogen-bond acceptors (Lipinski definition) is 4. The van der Waals surface area contributed by atoms with Crippen molar-refractivity contribution in [3.63, 3.8) is 0 Å². The second-order valence-electron chi connectivity index (χ2n) is 6.93. The van der Waals surface area contributed by atoms with E-state index in [1.165, 1.54) is 18.2 Å². The van der Waals surface area contributed by atoms with E-state index in [1.807, 2.05) is 20.8 Å². The van der Waals surface area contributed by atoms with Gasteiger partial charge in [-0.05, 0) is 18.6 Å². The molecule has 0 saturated carbocycles. The van der Waals surface area contributed by atoms with Gasteiger partial charge in [0.2, 0.25) is 5.91 Å². The fraction of sp³-hybridized carbons (Fsp3) is 0.529. The summed E-state index contributed by atoms with van der Waals surface area (Å²) >= 11 is 0. The maximum Gasteiger partial charge on any atom is 0.254 e. The highest BCUT2D eigenvalue weighted by atomic mass is 16.3. The van der Waals surface area contributed by atoms with Crippen LogP contribution < -0.4 is 0 Å². The number of hydrogen-bond donors (Lipinski definition) is 2. The molecule has 126 valence electrons. The van der Waals surface area contributed by atoms with Crippen LogP contribution in [0.2, 0.25) is 0 Å². The molecule has 0 radical (unpaired) electrons. The maximum absolute atomic E-state index is 12.5. The summed E-state index contributed by atoms with van der Waals surface area (Å²) in [6.45, 7) is 7.77. The quantitative estimate of drug-likeness (QED) is 0.827. The summed E-state index contributed by atoms with van der Waals surface area (Å²) in [4.78, 5) is 28.4. The lowest BCUT2D eigenvalue weighted by Crippen LogP contribution is -2.42. The molecule has 2 rings (SSSR count). The molecule has 0 unspecified atom stereocenters. The van der Waals surface area contributed by atoms with Crippen molar-refractivity contribution in [1.29, 1.82) is 0 Å². The van der Waals surface area contributed by atoms with Crippen LogP contribution in [0, 0.1) is 5.41 Å². The van der Waals surface area contributed by atoms with E-state index in [-0.39, 0.29) is 28.9 Å². The molecule has 0 bridgehead atoms. The zero-order chi connectivity index (χ0) is 17.2. The summed E-state index contributed by atoms with van der Waals surface area (Å²) in [7, 11) is 0. The Morgan fingerprint density at radius 2 is 1.43 bits per heavy atom. The first-order valence-corrected chi connectivity index (χ1v) is 7.80. The number of phenolic OH excluding ortho intramolecular Hbond substituents is 2. The number of benzene rings is 1. The third-order valence-corrected chi connectivity index (χ3v) is 3.86. The van der Waals surface area contributed by atoms with Gasteiger partial charge in [0.1, 0.15) is 11.5 Å². The molecule has 0 spiro atoms. The number of aromatic hydroxyl groups is 2. The fourth-order valence-electron chi connectivity index (χ4n) is 2.70. The van der Waals surface area contributed by atoms with Gasteiger partial charge in [0.25, 0.3) is 5.91 Å². The van der Waals surface area contributed by atoms with Gasteiger partial charge in [-0.15, -0.1) is 0 Å². The molecule has 1 aliphatic rings. The van der Waals surface area contributed by atoms with Crippen LogP contribution in [0.4, 0.5) is 0 Å². The first kappa shape index (κ1) is 17.1. The predicted octanol–water partition coefficient (Wildman–Crippen LogP) is 1.82. The average molecular weight is 320 g/mol. The Bertz CT molecular complexity index is 587. The van der Waals surface area contributed by atoms with Gasteiger partial charge >= 0.3 is 0 Å². The second kappa shape index (κ2) is 6.48. The molecule has 1 fully saturated rings. The molecule has 0 aliphatic carbocycles. The Balaban J connectivity index is 2.08. The van der Waals surface area contributed by atoms with Crippen LogP contribution in [0.1, 0.15) is 37.6 Å². The van der Waals surface area contributed by atoms with E-state index in [1.54, 1.807) is 9.80 Å². The summed E-state index contributed by atoms with van der Waals surface area (Å²) in [6, 6.07) is 3.86. The van der Waals surface area contributed by atoms with Crippen molar-refractivity contribution in [1.82, 2.24) is 9.80 Å². The topological polar surface area (TPSA) is 81.1 Å². The van der Waals surface area contributed by atoms with E-state index in [4.69, 9.17) is 0 Å². The SMILES string of the molecule is CC(C)(C)C(=O)N1CCCN(C(=O)c2cc(O)cc(O)c2)CC1. The first-order chi connectivity index (χ1) is 10.7. The third-order valence-electron chi connectivity index (χ3n) is 3.86. The van der Waals surface area contributed by atoms with Gasteiger partial charge in [-0.25, -0.2) is 0 Å². The molecule has 0 atom stereocenters. The van der Waals surface area contributed by atoms with Crippen LogP contribution in [-0.4, -0.2) is 58.0 Å². The van der Waals surface area contributed by atoms with Crippen LogP contribution in [0.25, 0.3) is 0 Å². The van der Waals surface area contributed by atoms with Crippen molar-refractivity contribution >= 4 is 11.8 Å². The molecule has 1 aliphatic heterocycles. The van der Waals surface area contributed by atoms with Gasteiger partial charge in [0, 0.05) is 43.2 Å². The number of phenols is 2. The predicted molar refractivity (Wildman–Crippen MR) is 86.3 cm³/mol.